The molecule has 1 aliphatic carbocycles. The Labute approximate surface area is 123 Å². The van der Waals surface area contributed by atoms with Gasteiger partial charge in [-0.3, -0.25) is 9.59 Å². The van der Waals surface area contributed by atoms with Gasteiger partial charge in [-0.1, -0.05) is 18.2 Å². The van der Waals surface area contributed by atoms with Crippen molar-refractivity contribution >= 4 is 17.5 Å². The number of allylic oxidation sites excluding steroid dienone is 2. The van der Waals surface area contributed by atoms with Crippen molar-refractivity contribution in [2.75, 3.05) is 4.90 Å². The number of benzene rings is 1. The van der Waals surface area contributed by atoms with Gasteiger partial charge in [0.25, 0.3) is 5.91 Å². The standard InChI is InChI=1S/C15H10F3NO3/c1-8-6-11-12(7-8)14(21)19(13(11)20)9-2-4-10(5-3-9)22-15(16,17)18/h2-6,12H,1,7H2. The molecular formula is C15H10F3NO3. The van der Waals surface area contributed by atoms with Crippen LogP contribution in [0.25, 0.3) is 0 Å². The summed E-state index contributed by atoms with van der Waals surface area (Å²) in [7, 11) is 0. The Bertz CT molecular complexity index is 704. The average Bonchev–Trinajstić information content (AvgIpc) is 2.89. The number of carbonyl (C=O) groups excluding carboxylic acids is 2. The van der Waals surface area contributed by atoms with Crippen LogP contribution in [-0.4, -0.2) is 18.2 Å². The second-order valence-electron chi connectivity index (χ2n) is 5.04. The average molecular weight is 309 g/mol. The molecule has 1 saturated heterocycles. The van der Waals surface area contributed by atoms with Crippen molar-refractivity contribution in [2.45, 2.75) is 12.8 Å². The fourth-order valence-electron chi connectivity index (χ4n) is 2.61. The van der Waals surface area contributed by atoms with Gasteiger partial charge < -0.3 is 4.74 Å². The summed E-state index contributed by atoms with van der Waals surface area (Å²) in [5.74, 6) is -1.80. The lowest BCUT2D eigenvalue weighted by atomic mass is 10.0. The quantitative estimate of drug-likeness (QED) is 0.789. The minimum absolute atomic E-state index is 0.213. The minimum atomic E-state index is -4.79. The smallest absolute Gasteiger partial charge is 0.406 e. The number of ether oxygens (including phenoxy) is 1. The Morgan fingerprint density at radius 1 is 1.18 bits per heavy atom. The molecule has 2 amide bonds. The van der Waals surface area contributed by atoms with Gasteiger partial charge in [0.15, 0.2) is 0 Å². The zero-order valence-electron chi connectivity index (χ0n) is 11.2. The maximum Gasteiger partial charge on any atom is 0.573 e. The van der Waals surface area contributed by atoms with Gasteiger partial charge in [-0.05, 0) is 30.7 Å². The highest BCUT2D eigenvalue weighted by molar-refractivity contribution is 6.30. The molecule has 1 atom stereocenters. The number of anilines is 1. The van der Waals surface area contributed by atoms with Crippen LogP contribution in [0, 0.1) is 5.92 Å². The fourth-order valence-corrected chi connectivity index (χ4v) is 2.61. The molecule has 0 spiro atoms. The second kappa shape index (κ2) is 4.72. The first kappa shape index (κ1) is 14.4. The van der Waals surface area contributed by atoms with Crippen molar-refractivity contribution < 1.29 is 27.5 Å². The van der Waals surface area contributed by atoms with Gasteiger partial charge in [-0.15, -0.1) is 13.2 Å². The predicted molar refractivity (Wildman–Crippen MR) is 70.9 cm³/mol. The number of halogens is 3. The van der Waals surface area contributed by atoms with Crippen molar-refractivity contribution in [1.29, 1.82) is 0 Å². The summed E-state index contributed by atoms with van der Waals surface area (Å²) in [6.07, 6.45) is -2.80. The predicted octanol–water partition coefficient (Wildman–Crippen LogP) is 2.96. The van der Waals surface area contributed by atoms with Crippen molar-refractivity contribution in [3.63, 3.8) is 0 Å². The van der Waals surface area contributed by atoms with Gasteiger partial charge in [-0.25, -0.2) is 4.90 Å². The number of amides is 2. The number of hydrogen-bond donors (Lipinski definition) is 0. The number of nitrogens with zero attached hydrogens (tertiary/aromatic N) is 1. The van der Waals surface area contributed by atoms with E-state index in [1.54, 1.807) is 6.08 Å². The number of hydrogen-bond acceptors (Lipinski definition) is 3. The molecular weight excluding hydrogens is 299 g/mol. The van der Waals surface area contributed by atoms with E-state index < -0.39 is 23.9 Å². The van der Waals surface area contributed by atoms with Crippen LogP contribution in [0.2, 0.25) is 0 Å². The third-order valence-electron chi connectivity index (χ3n) is 3.50. The maximum atomic E-state index is 12.3. The third-order valence-corrected chi connectivity index (χ3v) is 3.50. The van der Waals surface area contributed by atoms with Crippen molar-refractivity contribution in [2.24, 2.45) is 5.92 Å². The monoisotopic (exact) mass is 309 g/mol. The molecule has 0 radical (unpaired) electrons. The Hall–Kier alpha value is -2.57. The molecule has 1 fully saturated rings. The minimum Gasteiger partial charge on any atom is -0.406 e. The molecule has 0 bridgehead atoms. The summed E-state index contributed by atoms with van der Waals surface area (Å²) in [5.41, 5.74) is 1.31. The molecule has 114 valence electrons. The molecule has 1 aromatic carbocycles. The van der Waals surface area contributed by atoms with E-state index in [2.05, 4.69) is 11.3 Å². The van der Waals surface area contributed by atoms with E-state index >= 15 is 0 Å². The molecule has 0 aromatic heterocycles. The van der Waals surface area contributed by atoms with E-state index in [0.29, 0.717) is 12.0 Å². The summed E-state index contributed by atoms with van der Waals surface area (Å²) < 4.78 is 40.1. The van der Waals surface area contributed by atoms with E-state index in [1.165, 1.54) is 12.1 Å². The highest BCUT2D eigenvalue weighted by atomic mass is 19.4. The molecule has 0 saturated carbocycles. The molecule has 4 nitrogen and oxygen atoms in total. The molecule has 1 heterocycles. The largest absolute Gasteiger partial charge is 0.573 e. The summed E-state index contributed by atoms with van der Waals surface area (Å²) in [6, 6.07) is 4.61. The highest BCUT2D eigenvalue weighted by Gasteiger charge is 2.46. The van der Waals surface area contributed by atoms with E-state index in [4.69, 9.17) is 0 Å². The molecule has 0 N–H and O–H groups in total. The SMILES string of the molecule is C=C1C=C2C(=O)N(c3ccc(OC(F)(F)F)cc3)C(=O)C2C1. The Morgan fingerprint density at radius 3 is 2.36 bits per heavy atom. The van der Waals surface area contributed by atoms with Crippen LogP contribution in [0.5, 0.6) is 5.75 Å². The van der Waals surface area contributed by atoms with E-state index in [0.717, 1.165) is 22.6 Å². The van der Waals surface area contributed by atoms with Crippen LogP contribution in [0.3, 0.4) is 0 Å². The Morgan fingerprint density at radius 2 is 1.82 bits per heavy atom. The van der Waals surface area contributed by atoms with Gasteiger partial charge in [0, 0.05) is 5.57 Å². The highest BCUT2D eigenvalue weighted by Crippen LogP contribution is 2.39. The van der Waals surface area contributed by atoms with Crippen LogP contribution < -0.4 is 9.64 Å². The molecule has 1 aromatic rings. The van der Waals surface area contributed by atoms with E-state index in [1.807, 2.05) is 0 Å². The van der Waals surface area contributed by atoms with Crippen LogP contribution in [-0.2, 0) is 9.59 Å². The van der Waals surface area contributed by atoms with Gasteiger partial charge in [0.1, 0.15) is 5.75 Å². The summed E-state index contributed by atoms with van der Waals surface area (Å²) in [4.78, 5) is 25.5. The Kier molecular flexibility index (Phi) is 3.09. The number of fused-ring (bicyclic) bond motifs is 1. The lowest BCUT2D eigenvalue weighted by Crippen LogP contribution is -2.30. The first-order chi connectivity index (χ1) is 10.3. The number of rotatable bonds is 2. The van der Waals surface area contributed by atoms with Gasteiger partial charge in [0.05, 0.1) is 11.6 Å². The lowest BCUT2D eigenvalue weighted by Gasteiger charge is -2.16. The molecule has 2 aliphatic rings. The van der Waals surface area contributed by atoms with Crippen LogP contribution in [0.1, 0.15) is 6.42 Å². The third kappa shape index (κ3) is 2.38. The topological polar surface area (TPSA) is 46.6 Å². The van der Waals surface area contributed by atoms with Crippen molar-refractivity contribution in [3.05, 3.63) is 48.1 Å². The normalized spacial score (nSPS) is 21.2. The first-order valence-electron chi connectivity index (χ1n) is 6.40. The zero-order chi connectivity index (χ0) is 16.1. The summed E-state index contributed by atoms with van der Waals surface area (Å²) >= 11 is 0. The number of alkyl halides is 3. The van der Waals surface area contributed by atoms with Crippen molar-refractivity contribution in [3.8, 4) is 5.75 Å². The molecule has 3 rings (SSSR count). The first-order valence-corrected chi connectivity index (χ1v) is 6.40. The number of imide groups is 1. The molecule has 1 aliphatic heterocycles. The van der Waals surface area contributed by atoms with Gasteiger partial charge >= 0.3 is 6.36 Å². The molecule has 7 heteroatoms. The molecule has 1 unspecified atom stereocenters. The Balaban J connectivity index is 1.86. The van der Waals surface area contributed by atoms with Crippen molar-refractivity contribution in [1.82, 2.24) is 0 Å². The van der Waals surface area contributed by atoms with E-state index in [-0.39, 0.29) is 11.6 Å². The van der Waals surface area contributed by atoms with Crippen LogP contribution in [0.4, 0.5) is 18.9 Å². The lowest BCUT2D eigenvalue weighted by molar-refractivity contribution is -0.274. The summed E-state index contributed by atoms with van der Waals surface area (Å²) in [5, 5.41) is 0. The van der Waals surface area contributed by atoms with Gasteiger partial charge in [-0.2, -0.15) is 0 Å². The summed E-state index contributed by atoms with van der Waals surface area (Å²) in [6.45, 7) is 3.73. The second-order valence-corrected chi connectivity index (χ2v) is 5.04. The zero-order valence-corrected chi connectivity index (χ0v) is 11.2. The van der Waals surface area contributed by atoms with Gasteiger partial charge in [0.2, 0.25) is 5.91 Å². The maximum absolute atomic E-state index is 12.3. The number of carbonyl (C=O) groups is 2. The molecule has 22 heavy (non-hydrogen) atoms. The fraction of sp³-hybridized carbons (Fsp3) is 0.200. The van der Waals surface area contributed by atoms with Crippen LogP contribution >= 0.6 is 0 Å². The van der Waals surface area contributed by atoms with E-state index in [9.17, 15) is 22.8 Å². The van der Waals surface area contributed by atoms with Crippen LogP contribution in [0.15, 0.2) is 48.1 Å².